The summed E-state index contributed by atoms with van der Waals surface area (Å²) < 4.78 is 13.6. The highest BCUT2D eigenvalue weighted by Gasteiger charge is 2.07. The highest BCUT2D eigenvalue weighted by Crippen LogP contribution is 2.15. The first-order chi connectivity index (χ1) is 8.40. The van der Waals surface area contributed by atoms with Crippen LogP contribution in [0.2, 0.25) is 0 Å². The van der Waals surface area contributed by atoms with Crippen molar-refractivity contribution in [2.45, 2.75) is 19.9 Å². The number of anilines is 1. The van der Waals surface area contributed by atoms with Gasteiger partial charge >= 0.3 is 0 Å². The Hall–Kier alpha value is -1.69. The molecule has 4 nitrogen and oxygen atoms in total. The van der Waals surface area contributed by atoms with Crippen LogP contribution in [-0.2, 0) is 4.79 Å². The Balaban J connectivity index is 2.63. The highest BCUT2D eigenvalue weighted by atomic mass is 32.1. The first kappa shape index (κ1) is 14.4. The van der Waals surface area contributed by atoms with Crippen LogP contribution in [0.1, 0.15) is 19.4 Å². The van der Waals surface area contributed by atoms with E-state index in [9.17, 15) is 9.18 Å². The highest BCUT2D eigenvalue weighted by molar-refractivity contribution is 7.80. The van der Waals surface area contributed by atoms with Crippen LogP contribution >= 0.6 is 12.2 Å². The van der Waals surface area contributed by atoms with Crippen molar-refractivity contribution in [1.82, 2.24) is 5.32 Å². The van der Waals surface area contributed by atoms with E-state index in [1.54, 1.807) is 6.07 Å². The van der Waals surface area contributed by atoms with Gasteiger partial charge in [-0.05, 0) is 32.0 Å². The molecule has 0 aromatic heterocycles. The van der Waals surface area contributed by atoms with Crippen molar-refractivity contribution in [1.29, 1.82) is 0 Å². The van der Waals surface area contributed by atoms with Crippen LogP contribution in [-0.4, -0.2) is 23.5 Å². The Kier molecular flexibility index (Phi) is 5.03. The zero-order chi connectivity index (χ0) is 13.7. The van der Waals surface area contributed by atoms with Gasteiger partial charge in [-0.2, -0.15) is 0 Å². The molecule has 0 aliphatic rings. The maximum atomic E-state index is 13.6. The van der Waals surface area contributed by atoms with Gasteiger partial charge in [-0.1, -0.05) is 12.2 Å². The van der Waals surface area contributed by atoms with Crippen molar-refractivity contribution in [2.75, 3.05) is 11.9 Å². The van der Waals surface area contributed by atoms with Gasteiger partial charge in [0.15, 0.2) is 0 Å². The summed E-state index contributed by atoms with van der Waals surface area (Å²) in [5, 5.41) is 5.41. The third kappa shape index (κ3) is 4.29. The smallest absolute Gasteiger partial charge is 0.239 e. The quantitative estimate of drug-likeness (QED) is 0.707. The molecule has 98 valence electrons. The Labute approximate surface area is 111 Å². The SMILES string of the molecule is CC(C)NC(=O)CNc1ccc(C(N)=S)cc1F. The Morgan fingerprint density at radius 2 is 2.17 bits per heavy atom. The van der Waals surface area contributed by atoms with E-state index in [1.165, 1.54) is 12.1 Å². The molecule has 0 spiro atoms. The molecule has 4 N–H and O–H groups in total. The maximum absolute atomic E-state index is 13.6. The molecular weight excluding hydrogens is 253 g/mol. The molecule has 1 rings (SSSR count). The fourth-order valence-corrected chi connectivity index (χ4v) is 1.49. The van der Waals surface area contributed by atoms with Crippen molar-refractivity contribution in [3.8, 4) is 0 Å². The van der Waals surface area contributed by atoms with Gasteiger partial charge in [0.05, 0.1) is 12.2 Å². The molecule has 0 aliphatic heterocycles. The molecule has 0 unspecified atom stereocenters. The largest absolute Gasteiger partial charge is 0.389 e. The summed E-state index contributed by atoms with van der Waals surface area (Å²) in [6, 6.07) is 4.41. The lowest BCUT2D eigenvalue weighted by molar-refractivity contribution is -0.119. The molecule has 0 saturated heterocycles. The van der Waals surface area contributed by atoms with Gasteiger partial charge in [0.25, 0.3) is 0 Å². The zero-order valence-corrected chi connectivity index (χ0v) is 11.1. The molecule has 0 fully saturated rings. The molecule has 1 aromatic carbocycles. The van der Waals surface area contributed by atoms with Crippen molar-refractivity contribution >= 4 is 28.8 Å². The summed E-state index contributed by atoms with van der Waals surface area (Å²) in [5.41, 5.74) is 6.09. The molecular formula is C12H16FN3OS. The number of hydrogen-bond donors (Lipinski definition) is 3. The van der Waals surface area contributed by atoms with Gasteiger partial charge in [-0.25, -0.2) is 4.39 Å². The van der Waals surface area contributed by atoms with E-state index < -0.39 is 5.82 Å². The van der Waals surface area contributed by atoms with Crippen LogP contribution in [0, 0.1) is 5.82 Å². The number of hydrogen-bond acceptors (Lipinski definition) is 3. The second kappa shape index (κ2) is 6.30. The van der Waals surface area contributed by atoms with E-state index in [4.69, 9.17) is 18.0 Å². The van der Waals surface area contributed by atoms with E-state index in [0.717, 1.165) is 0 Å². The monoisotopic (exact) mass is 269 g/mol. The fraction of sp³-hybridized carbons (Fsp3) is 0.333. The van der Waals surface area contributed by atoms with Crippen molar-refractivity contribution < 1.29 is 9.18 Å². The third-order valence-corrected chi connectivity index (χ3v) is 2.38. The lowest BCUT2D eigenvalue weighted by Crippen LogP contribution is -2.34. The molecule has 0 radical (unpaired) electrons. The van der Waals surface area contributed by atoms with Crippen molar-refractivity contribution in [2.24, 2.45) is 5.73 Å². The fourth-order valence-electron chi connectivity index (χ4n) is 1.36. The number of nitrogens with two attached hydrogens (primary N) is 1. The number of carbonyl (C=O) groups is 1. The maximum Gasteiger partial charge on any atom is 0.239 e. The summed E-state index contributed by atoms with van der Waals surface area (Å²) in [4.78, 5) is 11.5. The van der Waals surface area contributed by atoms with Gasteiger partial charge in [0, 0.05) is 11.6 Å². The molecule has 0 bridgehead atoms. The van der Waals surface area contributed by atoms with Gasteiger partial charge in [-0.15, -0.1) is 0 Å². The molecule has 6 heteroatoms. The lowest BCUT2D eigenvalue weighted by Gasteiger charge is -2.11. The van der Waals surface area contributed by atoms with Crippen LogP contribution in [0.15, 0.2) is 18.2 Å². The molecule has 0 saturated carbocycles. The summed E-state index contributed by atoms with van der Waals surface area (Å²) >= 11 is 4.75. The topological polar surface area (TPSA) is 67.2 Å². The van der Waals surface area contributed by atoms with E-state index in [0.29, 0.717) is 5.56 Å². The summed E-state index contributed by atoms with van der Waals surface area (Å²) in [7, 11) is 0. The van der Waals surface area contributed by atoms with E-state index in [2.05, 4.69) is 10.6 Å². The van der Waals surface area contributed by atoms with Crippen LogP contribution in [0.25, 0.3) is 0 Å². The van der Waals surface area contributed by atoms with Crippen molar-refractivity contribution in [3.05, 3.63) is 29.6 Å². The lowest BCUT2D eigenvalue weighted by atomic mass is 10.2. The number of carbonyl (C=O) groups excluding carboxylic acids is 1. The Morgan fingerprint density at radius 3 is 2.67 bits per heavy atom. The summed E-state index contributed by atoms with van der Waals surface area (Å²) in [6.07, 6.45) is 0. The number of nitrogens with one attached hydrogen (secondary N) is 2. The molecule has 0 heterocycles. The van der Waals surface area contributed by atoms with Crippen molar-refractivity contribution in [3.63, 3.8) is 0 Å². The average Bonchev–Trinajstić information content (AvgIpc) is 2.26. The Bertz CT molecular complexity index is 463. The minimum atomic E-state index is -0.488. The number of thiocarbonyl (C=S) groups is 1. The minimum Gasteiger partial charge on any atom is -0.389 e. The van der Waals surface area contributed by atoms with E-state index in [1.807, 2.05) is 13.8 Å². The van der Waals surface area contributed by atoms with Gasteiger partial charge in [0.2, 0.25) is 5.91 Å². The number of rotatable bonds is 5. The van der Waals surface area contributed by atoms with Crippen LogP contribution < -0.4 is 16.4 Å². The summed E-state index contributed by atoms with van der Waals surface area (Å²) in [5.74, 6) is -0.680. The number of halogens is 1. The number of benzene rings is 1. The van der Waals surface area contributed by atoms with Crippen LogP contribution in [0.3, 0.4) is 0 Å². The van der Waals surface area contributed by atoms with Crippen LogP contribution in [0.5, 0.6) is 0 Å². The normalized spacial score (nSPS) is 10.2. The predicted molar refractivity (Wildman–Crippen MR) is 74.1 cm³/mol. The first-order valence-corrected chi connectivity index (χ1v) is 5.93. The minimum absolute atomic E-state index is 0.0154. The summed E-state index contributed by atoms with van der Waals surface area (Å²) in [6.45, 7) is 3.73. The predicted octanol–water partition coefficient (Wildman–Crippen LogP) is 1.40. The van der Waals surface area contributed by atoms with Crippen LogP contribution in [0.4, 0.5) is 10.1 Å². The average molecular weight is 269 g/mol. The van der Waals surface area contributed by atoms with Gasteiger partial charge in [0.1, 0.15) is 10.8 Å². The van der Waals surface area contributed by atoms with Gasteiger partial charge < -0.3 is 16.4 Å². The zero-order valence-electron chi connectivity index (χ0n) is 10.3. The second-order valence-corrected chi connectivity index (χ2v) is 4.57. The first-order valence-electron chi connectivity index (χ1n) is 5.52. The Morgan fingerprint density at radius 1 is 1.50 bits per heavy atom. The molecule has 0 atom stereocenters. The molecule has 18 heavy (non-hydrogen) atoms. The number of amides is 1. The molecule has 1 aromatic rings. The van der Waals surface area contributed by atoms with E-state index in [-0.39, 0.29) is 29.2 Å². The molecule has 0 aliphatic carbocycles. The third-order valence-electron chi connectivity index (χ3n) is 2.14. The standard InChI is InChI=1S/C12H16FN3OS/c1-7(2)16-11(17)6-15-10-4-3-8(12(14)18)5-9(10)13/h3-5,7,15H,6H2,1-2H3,(H2,14,18)(H,16,17). The van der Waals surface area contributed by atoms with E-state index >= 15 is 0 Å². The second-order valence-electron chi connectivity index (χ2n) is 4.13. The van der Waals surface area contributed by atoms with Gasteiger partial charge in [-0.3, -0.25) is 4.79 Å². The molecule has 1 amide bonds.